The molecule has 5 atom stereocenters. The minimum atomic E-state index is -0.110. The quantitative estimate of drug-likeness (QED) is 0.678. The molecule has 0 aromatic heterocycles. The van der Waals surface area contributed by atoms with Crippen molar-refractivity contribution in [2.45, 2.75) is 51.0 Å². The van der Waals surface area contributed by atoms with Crippen LogP contribution in [0.3, 0.4) is 0 Å². The normalized spacial score (nSPS) is 44.9. The molecule has 2 saturated carbocycles. The van der Waals surface area contributed by atoms with Gasteiger partial charge in [0.2, 0.25) is 0 Å². The number of ketones is 1. The second kappa shape index (κ2) is 4.31. The number of aliphatic hydroxyl groups is 1. The van der Waals surface area contributed by atoms with Gasteiger partial charge in [-0.05, 0) is 62.4 Å². The van der Waals surface area contributed by atoms with Crippen molar-refractivity contribution in [3.8, 4) is 0 Å². The summed E-state index contributed by atoms with van der Waals surface area (Å²) in [5, 5.41) is 10.1. The van der Waals surface area contributed by atoms with Gasteiger partial charge in [0.05, 0.1) is 6.10 Å². The van der Waals surface area contributed by atoms with Crippen LogP contribution < -0.4 is 0 Å². The zero-order valence-electron chi connectivity index (χ0n) is 11.3. The van der Waals surface area contributed by atoms with Crippen LogP contribution in [0.15, 0.2) is 23.3 Å². The predicted octanol–water partition coefficient (Wildman–Crippen LogP) is 3.02. The topological polar surface area (TPSA) is 37.3 Å². The van der Waals surface area contributed by atoms with E-state index in [1.807, 2.05) is 6.08 Å². The van der Waals surface area contributed by atoms with E-state index in [2.05, 4.69) is 6.08 Å². The molecule has 0 saturated heterocycles. The lowest BCUT2D eigenvalue weighted by Crippen LogP contribution is -2.39. The molecule has 19 heavy (non-hydrogen) atoms. The van der Waals surface area contributed by atoms with E-state index in [4.69, 9.17) is 0 Å². The third-order valence-corrected chi connectivity index (χ3v) is 6.03. The molecule has 2 fully saturated rings. The smallest absolute Gasteiger partial charge is 0.155 e. The van der Waals surface area contributed by atoms with Gasteiger partial charge >= 0.3 is 0 Å². The Morgan fingerprint density at radius 2 is 1.84 bits per heavy atom. The Morgan fingerprint density at radius 1 is 1.00 bits per heavy atom. The molecule has 0 unspecified atom stereocenters. The Bertz CT molecular complexity index is 474. The summed E-state index contributed by atoms with van der Waals surface area (Å²) in [6.07, 6.45) is 11.6. The predicted molar refractivity (Wildman–Crippen MR) is 73.5 cm³/mol. The Hall–Kier alpha value is -0.890. The fourth-order valence-electron chi connectivity index (χ4n) is 5.20. The first-order valence-corrected chi connectivity index (χ1v) is 7.85. The van der Waals surface area contributed by atoms with Crippen molar-refractivity contribution in [2.75, 3.05) is 0 Å². The summed E-state index contributed by atoms with van der Waals surface area (Å²) < 4.78 is 0. The summed E-state index contributed by atoms with van der Waals surface area (Å²) >= 11 is 0. The van der Waals surface area contributed by atoms with Crippen molar-refractivity contribution in [3.05, 3.63) is 23.3 Å². The highest BCUT2D eigenvalue weighted by molar-refractivity contribution is 5.91. The van der Waals surface area contributed by atoms with Gasteiger partial charge in [-0.15, -0.1) is 0 Å². The minimum Gasteiger partial charge on any atom is -0.392 e. The molecule has 102 valence electrons. The van der Waals surface area contributed by atoms with Crippen LogP contribution in [-0.2, 0) is 4.79 Å². The third-order valence-electron chi connectivity index (χ3n) is 6.03. The van der Waals surface area contributed by atoms with Gasteiger partial charge in [0.25, 0.3) is 0 Å². The number of carbonyl (C=O) groups excluding carboxylic acids is 1. The molecule has 0 aliphatic heterocycles. The maximum Gasteiger partial charge on any atom is 0.155 e. The lowest BCUT2D eigenvalue weighted by Gasteiger charge is -2.47. The molecule has 0 aromatic carbocycles. The van der Waals surface area contributed by atoms with Crippen molar-refractivity contribution in [1.82, 2.24) is 0 Å². The van der Waals surface area contributed by atoms with Crippen LogP contribution in [0.25, 0.3) is 0 Å². The largest absolute Gasteiger partial charge is 0.392 e. The van der Waals surface area contributed by atoms with Gasteiger partial charge < -0.3 is 5.11 Å². The maximum atomic E-state index is 11.6. The van der Waals surface area contributed by atoms with E-state index < -0.39 is 0 Å². The van der Waals surface area contributed by atoms with Gasteiger partial charge in [-0.3, -0.25) is 4.79 Å². The average Bonchev–Trinajstić information content (AvgIpc) is 2.80. The second-order valence-electron chi connectivity index (χ2n) is 6.83. The van der Waals surface area contributed by atoms with Gasteiger partial charge in [-0.1, -0.05) is 17.2 Å². The Balaban J connectivity index is 1.63. The van der Waals surface area contributed by atoms with Crippen LogP contribution >= 0.6 is 0 Å². The Morgan fingerprint density at radius 3 is 2.74 bits per heavy atom. The monoisotopic (exact) mass is 258 g/mol. The molecule has 0 bridgehead atoms. The number of hydrogen-bond acceptors (Lipinski definition) is 2. The van der Waals surface area contributed by atoms with Crippen molar-refractivity contribution >= 4 is 5.78 Å². The lowest BCUT2D eigenvalue weighted by molar-refractivity contribution is -0.115. The van der Waals surface area contributed by atoms with E-state index in [9.17, 15) is 9.90 Å². The number of fused-ring (bicyclic) bond motifs is 5. The zero-order chi connectivity index (χ0) is 13.0. The van der Waals surface area contributed by atoms with E-state index in [-0.39, 0.29) is 6.10 Å². The van der Waals surface area contributed by atoms with E-state index >= 15 is 0 Å². The molecule has 2 nitrogen and oxygen atoms in total. The van der Waals surface area contributed by atoms with Crippen molar-refractivity contribution in [3.63, 3.8) is 0 Å². The maximum absolute atomic E-state index is 11.6. The van der Waals surface area contributed by atoms with Crippen LogP contribution in [0, 0.1) is 23.7 Å². The summed E-state index contributed by atoms with van der Waals surface area (Å²) in [7, 11) is 0. The molecule has 0 heterocycles. The molecule has 0 aromatic rings. The number of carbonyl (C=O) groups is 1. The van der Waals surface area contributed by atoms with Gasteiger partial charge in [0.15, 0.2) is 5.78 Å². The summed E-state index contributed by atoms with van der Waals surface area (Å²) in [5.74, 6) is 2.91. The average molecular weight is 258 g/mol. The number of rotatable bonds is 0. The molecular formula is C17H22O2. The summed E-state index contributed by atoms with van der Waals surface area (Å²) in [6.45, 7) is 0. The first-order valence-electron chi connectivity index (χ1n) is 7.85. The number of aliphatic hydroxyl groups excluding tert-OH is 1. The van der Waals surface area contributed by atoms with Crippen LogP contribution in [0.1, 0.15) is 44.9 Å². The highest BCUT2D eigenvalue weighted by Crippen LogP contribution is 2.54. The molecule has 0 spiro atoms. The summed E-state index contributed by atoms with van der Waals surface area (Å²) in [4.78, 5) is 11.6. The van der Waals surface area contributed by atoms with Gasteiger partial charge in [0, 0.05) is 12.3 Å². The fraction of sp³-hybridized carbons (Fsp3) is 0.706. The first kappa shape index (κ1) is 11.9. The first-order chi connectivity index (χ1) is 9.24. The molecular weight excluding hydrogens is 236 g/mol. The van der Waals surface area contributed by atoms with Crippen LogP contribution in [0.2, 0.25) is 0 Å². The van der Waals surface area contributed by atoms with Gasteiger partial charge in [0.1, 0.15) is 0 Å². The van der Waals surface area contributed by atoms with Crippen LogP contribution in [-0.4, -0.2) is 17.0 Å². The number of allylic oxidation sites excluding steroid dienone is 2. The Kier molecular flexibility index (Phi) is 2.70. The third kappa shape index (κ3) is 1.76. The van der Waals surface area contributed by atoms with Crippen molar-refractivity contribution in [2.24, 2.45) is 23.7 Å². The van der Waals surface area contributed by atoms with Gasteiger partial charge in [-0.2, -0.15) is 0 Å². The highest BCUT2D eigenvalue weighted by Gasteiger charge is 2.46. The molecule has 2 heteroatoms. The minimum absolute atomic E-state index is 0.110. The summed E-state index contributed by atoms with van der Waals surface area (Å²) in [6, 6.07) is 0. The SMILES string of the molecule is O=C1C=C2CC[C@H]3C4=CC[C@H](O)[C@H]4CC[C@@H]3[C@H]2CC1. The fourth-order valence-corrected chi connectivity index (χ4v) is 5.20. The van der Waals surface area contributed by atoms with E-state index in [1.165, 1.54) is 18.4 Å². The standard InChI is InChI=1S/C17H22O2/c18-11-2-4-12-10(9-11)1-3-14-13(12)5-6-16-15(14)7-8-17(16)19/h7,9,12-14,16-17,19H,1-6,8H2/t12-,13+,14+,16-,17-/m0/s1. The molecule has 0 amide bonds. The molecule has 0 radical (unpaired) electrons. The second-order valence-corrected chi connectivity index (χ2v) is 6.83. The van der Waals surface area contributed by atoms with E-state index in [1.54, 1.807) is 5.57 Å². The van der Waals surface area contributed by atoms with Crippen molar-refractivity contribution < 1.29 is 9.90 Å². The zero-order valence-corrected chi connectivity index (χ0v) is 11.3. The Labute approximate surface area is 114 Å². The van der Waals surface area contributed by atoms with Gasteiger partial charge in [-0.25, -0.2) is 0 Å². The van der Waals surface area contributed by atoms with Crippen LogP contribution in [0.4, 0.5) is 0 Å². The lowest BCUT2D eigenvalue weighted by atomic mass is 9.58. The van der Waals surface area contributed by atoms with Crippen LogP contribution in [0.5, 0.6) is 0 Å². The van der Waals surface area contributed by atoms with Crippen molar-refractivity contribution in [1.29, 1.82) is 0 Å². The van der Waals surface area contributed by atoms with E-state index in [0.29, 0.717) is 23.5 Å². The highest BCUT2D eigenvalue weighted by atomic mass is 16.3. The molecule has 4 aliphatic rings. The summed E-state index contributed by atoms with van der Waals surface area (Å²) in [5.41, 5.74) is 3.01. The molecule has 1 N–H and O–H groups in total. The molecule has 4 rings (SSSR count). The molecule has 4 aliphatic carbocycles. The number of hydrogen-bond donors (Lipinski definition) is 1. The van der Waals surface area contributed by atoms with E-state index in [0.717, 1.165) is 38.0 Å².